The van der Waals surface area contributed by atoms with Crippen molar-refractivity contribution in [1.82, 2.24) is 0 Å². The zero-order valence-electron chi connectivity index (χ0n) is 20.6. The summed E-state index contributed by atoms with van der Waals surface area (Å²) in [5, 5.41) is 31.9. The maximum atomic E-state index is 13.0. The number of esters is 1. The van der Waals surface area contributed by atoms with E-state index < -0.39 is 23.3 Å². The van der Waals surface area contributed by atoms with Gasteiger partial charge in [0.1, 0.15) is 17.8 Å². The fourth-order valence-corrected chi connectivity index (χ4v) is 8.52. The highest BCUT2D eigenvalue weighted by molar-refractivity contribution is 5.99. The van der Waals surface area contributed by atoms with Crippen molar-refractivity contribution in [2.75, 3.05) is 13.2 Å². The Kier molecular flexibility index (Phi) is 5.68. The Bertz CT molecular complexity index is 955. The Balaban J connectivity index is 1.40. The Morgan fingerprint density at radius 3 is 2.59 bits per heavy atom. The van der Waals surface area contributed by atoms with E-state index in [1.54, 1.807) is 6.92 Å². The molecule has 3 aliphatic carbocycles. The van der Waals surface area contributed by atoms with Crippen molar-refractivity contribution in [3.05, 3.63) is 23.3 Å². The third kappa shape index (κ3) is 3.03. The van der Waals surface area contributed by atoms with E-state index in [1.807, 2.05) is 6.92 Å². The molecule has 0 amide bonds. The fraction of sp³-hybridized carbons (Fsp3) is 0.778. The molecule has 5 aliphatic rings. The summed E-state index contributed by atoms with van der Waals surface area (Å²) in [7, 11) is 0. The summed E-state index contributed by atoms with van der Waals surface area (Å²) in [6.07, 6.45) is 5.71. The molecule has 0 aromatic carbocycles. The van der Waals surface area contributed by atoms with E-state index in [9.17, 15) is 24.9 Å². The van der Waals surface area contributed by atoms with E-state index in [2.05, 4.69) is 13.8 Å². The predicted molar refractivity (Wildman–Crippen MR) is 123 cm³/mol. The predicted octanol–water partition coefficient (Wildman–Crippen LogP) is 2.33. The fourth-order valence-electron chi connectivity index (χ4n) is 8.52. The second-order valence-electron chi connectivity index (χ2n) is 11.9. The number of rotatable bonds is 3. The van der Waals surface area contributed by atoms with Gasteiger partial charge < -0.3 is 24.8 Å². The van der Waals surface area contributed by atoms with Crippen LogP contribution >= 0.6 is 0 Å². The van der Waals surface area contributed by atoms with Gasteiger partial charge in [0.25, 0.3) is 0 Å². The van der Waals surface area contributed by atoms with Gasteiger partial charge in [-0.3, -0.25) is 4.79 Å². The van der Waals surface area contributed by atoms with Gasteiger partial charge in [-0.25, -0.2) is 4.79 Å². The Morgan fingerprint density at radius 2 is 1.91 bits per heavy atom. The van der Waals surface area contributed by atoms with Crippen LogP contribution in [0.25, 0.3) is 0 Å². The lowest BCUT2D eigenvalue weighted by atomic mass is 9.49. The van der Waals surface area contributed by atoms with Gasteiger partial charge in [0.15, 0.2) is 11.4 Å². The van der Waals surface area contributed by atoms with Crippen LogP contribution in [-0.4, -0.2) is 63.7 Å². The van der Waals surface area contributed by atoms with E-state index in [0.717, 1.165) is 24.8 Å². The number of carbonyl (C=O) groups is 2. The molecule has 0 aromatic rings. The van der Waals surface area contributed by atoms with E-state index in [1.165, 1.54) is 12.2 Å². The molecule has 5 rings (SSSR count). The van der Waals surface area contributed by atoms with Crippen LogP contribution in [0.1, 0.15) is 59.8 Å². The molecule has 34 heavy (non-hydrogen) atoms. The van der Waals surface area contributed by atoms with Gasteiger partial charge in [-0.05, 0) is 80.8 Å². The van der Waals surface area contributed by atoms with Crippen LogP contribution in [0.15, 0.2) is 23.3 Å². The molecule has 0 radical (unpaired) electrons. The first-order valence-corrected chi connectivity index (χ1v) is 12.8. The molecule has 7 heteroatoms. The Labute approximate surface area is 201 Å². The molecular formula is C27H38O7. The minimum absolute atomic E-state index is 0.0124. The van der Waals surface area contributed by atoms with Crippen LogP contribution in [-0.2, 0) is 19.1 Å². The molecule has 0 bridgehead atoms. The summed E-state index contributed by atoms with van der Waals surface area (Å²) >= 11 is 0. The van der Waals surface area contributed by atoms with E-state index in [-0.39, 0.29) is 47.6 Å². The smallest absolute Gasteiger partial charge is 0.336 e. The molecule has 3 N–H and O–H groups in total. The monoisotopic (exact) mass is 474 g/mol. The minimum Gasteiger partial charge on any atom is -0.458 e. The number of hydrogen-bond acceptors (Lipinski definition) is 7. The molecule has 7 nitrogen and oxygen atoms in total. The SMILES string of the molecule is CC1=C(CO)C(=O)OC(C(C)C2CCC3C4COC5(C)C(O)C=CC(=O)C5(O)C4CCC23C)C1. The molecule has 2 saturated carbocycles. The zero-order chi connectivity index (χ0) is 24.6. The number of ether oxygens (including phenoxy) is 2. The average molecular weight is 475 g/mol. The molecule has 1 saturated heterocycles. The number of aliphatic hydroxyl groups is 3. The zero-order valence-corrected chi connectivity index (χ0v) is 20.6. The van der Waals surface area contributed by atoms with E-state index in [0.29, 0.717) is 30.9 Å². The number of cyclic esters (lactones) is 1. The molecule has 3 fully saturated rings. The van der Waals surface area contributed by atoms with Crippen molar-refractivity contribution in [3.8, 4) is 0 Å². The molecule has 0 aromatic heterocycles. The topological polar surface area (TPSA) is 113 Å². The van der Waals surface area contributed by atoms with Crippen LogP contribution in [0.5, 0.6) is 0 Å². The summed E-state index contributed by atoms with van der Waals surface area (Å²) in [5.41, 5.74) is -1.78. The maximum absolute atomic E-state index is 13.0. The summed E-state index contributed by atoms with van der Waals surface area (Å²) < 4.78 is 12.0. The number of ketones is 1. The number of carbonyl (C=O) groups excluding carboxylic acids is 2. The van der Waals surface area contributed by atoms with Crippen molar-refractivity contribution in [3.63, 3.8) is 0 Å². The lowest BCUT2D eigenvalue weighted by Gasteiger charge is -2.61. The van der Waals surface area contributed by atoms with E-state index >= 15 is 0 Å². The van der Waals surface area contributed by atoms with Gasteiger partial charge in [0.2, 0.25) is 0 Å². The van der Waals surface area contributed by atoms with Gasteiger partial charge in [-0.1, -0.05) is 19.4 Å². The largest absolute Gasteiger partial charge is 0.458 e. The molecule has 10 unspecified atom stereocenters. The third-order valence-corrected chi connectivity index (χ3v) is 10.7. The van der Waals surface area contributed by atoms with Crippen molar-refractivity contribution in [1.29, 1.82) is 0 Å². The van der Waals surface area contributed by atoms with Crippen LogP contribution in [0.3, 0.4) is 0 Å². The molecule has 10 atom stereocenters. The standard InChI is InChI=1S/C27H38O7/c1-14-11-21(34-24(31)16(14)12-28)15(2)18-5-6-19-17-13-33-26(4)22(29)7-8-23(30)27(26,32)20(17)9-10-25(18,19)3/h7-8,15,17-22,28-29,32H,5-6,9-13H2,1-4H3. The molecule has 2 heterocycles. The first-order chi connectivity index (χ1) is 16.0. The number of fused-ring (bicyclic) bond motifs is 5. The second-order valence-corrected chi connectivity index (χ2v) is 11.9. The quantitative estimate of drug-likeness (QED) is 0.538. The van der Waals surface area contributed by atoms with Crippen LogP contribution in [0.2, 0.25) is 0 Å². The van der Waals surface area contributed by atoms with Gasteiger partial charge in [-0.15, -0.1) is 0 Å². The van der Waals surface area contributed by atoms with Crippen molar-refractivity contribution < 1.29 is 34.4 Å². The van der Waals surface area contributed by atoms with Gasteiger partial charge >= 0.3 is 5.97 Å². The van der Waals surface area contributed by atoms with Crippen LogP contribution in [0.4, 0.5) is 0 Å². The summed E-state index contributed by atoms with van der Waals surface area (Å²) in [6, 6.07) is 0. The van der Waals surface area contributed by atoms with Gasteiger partial charge in [0, 0.05) is 12.3 Å². The molecule has 188 valence electrons. The van der Waals surface area contributed by atoms with Gasteiger partial charge in [0.05, 0.1) is 18.8 Å². The highest BCUT2D eigenvalue weighted by Gasteiger charge is 2.70. The second kappa shape index (κ2) is 7.99. The first-order valence-electron chi connectivity index (χ1n) is 12.8. The van der Waals surface area contributed by atoms with Crippen molar-refractivity contribution >= 4 is 11.8 Å². The highest BCUT2D eigenvalue weighted by atomic mass is 16.5. The van der Waals surface area contributed by atoms with E-state index in [4.69, 9.17) is 9.47 Å². The Morgan fingerprint density at radius 1 is 1.18 bits per heavy atom. The summed E-state index contributed by atoms with van der Waals surface area (Å²) in [6.45, 7) is 8.19. The number of aliphatic hydroxyl groups excluding tert-OH is 2. The molecule has 0 spiro atoms. The van der Waals surface area contributed by atoms with Crippen molar-refractivity contribution in [2.45, 2.75) is 83.2 Å². The lowest BCUT2D eigenvalue weighted by molar-refractivity contribution is -0.284. The summed E-state index contributed by atoms with van der Waals surface area (Å²) in [4.78, 5) is 25.5. The molecular weight excluding hydrogens is 436 g/mol. The van der Waals surface area contributed by atoms with Gasteiger partial charge in [-0.2, -0.15) is 0 Å². The lowest BCUT2D eigenvalue weighted by Crippen LogP contribution is -2.74. The maximum Gasteiger partial charge on any atom is 0.336 e. The van der Waals surface area contributed by atoms with Crippen molar-refractivity contribution in [2.24, 2.45) is 35.0 Å². The average Bonchev–Trinajstić information content (AvgIpc) is 3.15. The summed E-state index contributed by atoms with van der Waals surface area (Å²) in [5.74, 6) is -0.205. The Hall–Kier alpha value is -1.54. The normalized spacial score (nSPS) is 49.3. The van der Waals surface area contributed by atoms with Crippen LogP contribution in [0, 0.1) is 35.0 Å². The highest BCUT2D eigenvalue weighted by Crippen LogP contribution is 2.65. The van der Waals surface area contributed by atoms with Crippen LogP contribution < -0.4 is 0 Å². The number of hydrogen-bond donors (Lipinski definition) is 3. The third-order valence-electron chi connectivity index (χ3n) is 10.7. The first kappa shape index (κ1) is 24.2. The molecule has 2 aliphatic heterocycles. The minimum atomic E-state index is -1.73.